The molecule has 2 aromatic rings. The highest BCUT2D eigenvalue weighted by molar-refractivity contribution is 6.46. The van der Waals surface area contributed by atoms with Crippen molar-refractivity contribution >= 4 is 17.4 Å². The van der Waals surface area contributed by atoms with Crippen LogP contribution in [0.1, 0.15) is 37.4 Å². The maximum Gasteiger partial charge on any atom is 0.295 e. The number of hydrogen-bond donors (Lipinski definition) is 1. The van der Waals surface area contributed by atoms with E-state index in [1.807, 2.05) is 13.8 Å². The molecule has 1 atom stereocenters. The molecule has 1 unspecified atom stereocenters. The number of ether oxygens (including phenoxy) is 3. The lowest BCUT2D eigenvalue weighted by molar-refractivity contribution is -0.140. The molecule has 0 spiro atoms. The van der Waals surface area contributed by atoms with Crippen LogP contribution >= 0.6 is 0 Å². The summed E-state index contributed by atoms with van der Waals surface area (Å²) in [4.78, 5) is 30.2. The van der Waals surface area contributed by atoms with E-state index in [1.165, 1.54) is 29.2 Å². The zero-order chi connectivity index (χ0) is 26.4. The quantitative estimate of drug-likeness (QED) is 0.295. The first-order valence-electron chi connectivity index (χ1n) is 12.7. The van der Waals surface area contributed by atoms with Crippen molar-refractivity contribution in [3.63, 3.8) is 0 Å². The summed E-state index contributed by atoms with van der Waals surface area (Å²) in [5, 5.41) is 11.2. The molecule has 2 heterocycles. The van der Waals surface area contributed by atoms with Gasteiger partial charge < -0.3 is 24.2 Å². The summed E-state index contributed by atoms with van der Waals surface area (Å²) < 4.78 is 30.6. The van der Waals surface area contributed by atoms with E-state index in [9.17, 15) is 19.1 Å². The van der Waals surface area contributed by atoms with E-state index in [0.717, 1.165) is 19.5 Å². The van der Waals surface area contributed by atoms with E-state index in [2.05, 4.69) is 4.90 Å². The predicted molar refractivity (Wildman–Crippen MR) is 136 cm³/mol. The Bertz CT molecular complexity index is 1140. The van der Waals surface area contributed by atoms with E-state index in [4.69, 9.17) is 14.2 Å². The van der Waals surface area contributed by atoms with Gasteiger partial charge in [-0.3, -0.25) is 14.5 Å². The molecule has 198 valence electrons. The van der Waals surface area contributed by atoms with Crippen LogP contribution in [-0.2, 0) is 14.3 Å². The molecule has 0 bridgehead atoms. The van der Waals surface area contributed by atoms with Crippen LogP contribution in [0.25, 0.3) is 5.76 Å². The summed E-state index contributed by atoms with van der Waals surface area (Å²) in [5.74, 6) is -1.22. The molecule has 0 aromatic heterocycles. The number of morpholine rings is 1. The van der Waals surface area contributed by atoms with Crippen molar-refractivity contribution in [2.24, 2.45) is 0 Å². The minimum atomic E-state index is -0.842. The molecular formula is C28H33FN2O6. The van der Waals surface area contributed by atoms with Crippen LogP contribution in [0.2, 0.25) is 0 Å². The Kier molecular flexibility index (Phi) is 8.78. The maximum atomic E-state index is 13.5. The number of halogens is 1. The van der Waals surface area contributed by atoms with E-state index in [1.54, 1.807) is 18.2 Å². The summed E-state index contributed by atoms with van der Waals surface area (Å²) in [6, 6.07) is 9.62. The van der Waals surface area contributed by atoms with Crippen LogP contribution in [0.15, 0.2) is 48.0 Å². The van der Waals surface area contributed by atoms with Crippen molar-refractivity contribution in [2.75, 3.05) is 52.6 Å². The van der Waals surface area contributed by atoms with Gasteiger partial charge in [-0.15, -0.1) is 0 Å². The average molecular weight is 513 g/mol. The van der Waals surface area contributed by atoms with Gasteiger partial charge in [0.2, 0.25) is 0 Å². The van der Waals surface area contributed by atoms with Gasteiger partial charge in [0.25, 0.3) is 11.7 Å². The van der Waals surface area contributed by atoms with Crippen LogP contribution in [0.3, 0.4) is 0 Å². The van der Waals surface area contributed by atoms with Crippen molar-refractivity contribution in [1.29, 1.82) is 0 Å². The third-order valence-corrected chi connectivity index (χ3v) is 6.46. The molecular weight excluding hydrogens is 479 g/mol. The second-order valence-corrected chi connectivity index (χ2v) is 8.94. The molecule has 2 fully saturated rings. The first-order valence-corrected chi connectivity index (χ1v) is 12.7. The summed E-state index contributed by atoms with van der Waals surface area (Å²) in [6.45, 7) is 8.33. The zero-order valence-corrected chi connectivity index (χ0v) is 21.2. The number of Topliss-reactive ketones (excluding diaryl/α,β-unsaturated/α-hetero) is 1. The highest BCUT2D eigenvalue weighted by atomic mass is 19.1. The van der Waals surface area contributed by atoms with Gasteiger partial charge in [-0.05, 0) is 55.3 Å². The van der Waals surface area contributed by atoms with Crippen LogP contribution in [0.4, 0.5) is 4.39 Å². The largest absolute Gasteiger partial charge is 0.507 e. The highest BCUT2D eigenvalue weighted by Gasteiger charge is 2.46. The van der Waals surface area contributed by atoms with E-state index in [-0.39, 0.29) is 23.4 Å². The molecule has 2 aromatic carbocycles. The third kappa shape index (κ3) is 5.94. The SMILES string of the molecule is CCCOc1ccc(C2/C(=C(\O)c3ccc(F)cc3)C(=O)C(=O)N2CCN2CCOCC2)cc1OCC. The standard InChI is InChI=1S/C28H33FN2O6/c1-3-15-37-22-10-7-20(18-23(22)36-4-2)25-24(26(32)19-5-8-21(29)9-6-19)27(33)28(34)31(25)12-11-30-13-16-35-17-14-30/h5-10,18,25,32H,3-4,11-17H2,1-2H3/b26-24+. The fourth-order valence-corrected chi connectivity index (χ4v) is 4.59. The molecule has 37 heavy (non-hydrogen) atoms. The number of hydrogen-bond acceptors (Lipinski definition) is 7. The normalized spacial score (nSPS) is 19.9. The van der Waals surface area contributed by atoms with Crippen LogP contribution < -0.4 is 9.47 Å². The smallest absolute Gasteiger partial charge is 0.295 e. The number of carbonyl (C=O) groups excluding carboxylic acids is 2. The van der Waals surface area contributed by atoms with Crippen LogP contribution in [-0.4, -0.2) is 79.2 Å². The molecule has 2 saturated heterocycles. The molecule has 0 aliphatic carbocycles. The third-order valence-electron chi connectivity index (χ3n) is 6.46. The summed E-state index contributed by atoms with van der Waals surface area (Å²) >= 11 is 0. The maximum absolute atomic E-state index is 13.5. The number of carbonyl (C=O) groups is 2. The number of rotatable bonds is 10. The molecule has 4 rings (SSSR count). The first kappa shape index (κ1) is 26.6. The fraction of sp³-hybridized carbons (Fsp3) is 0.429. The van der Waals surface area contributed by atoms with Gasteiger partial charge in [0.15, 0.2) is 11.5 Å². The Balaban J connectivity index is 1.76. The molecule has 0 saturated carbocycles. The zero-order valence-electron chi connectivity index (χ0n) is 21.2. The van der Waals surface area contributed by atoms with Gasteiger partial charge in [-0.1, -0.05) is 13.0 Å². The molecule has 8 nitrogen and oxygen atoms in total. The number of nitrogens with zero attached hydrogens (tertiary/aromatic N) is 2. The summed E-state index contributed by atoms with van der Waals surface area (Å²) in [5.41, 5.74) is 0.825. The summed E-state index contributed by atoms with van der Waals surface area (Å²) in [6.07, 6.45) is 0.826. The van der Waals surface area contributed by atoms with E-state index >= 15 is 0 Å². The molecule has 0 radical (unpaired) electrons. The minimum Gasteiger partial charge on any atom is -0.507 e. The van der Waals surface area contributed by atoms with Gasteiger partial charge in [-0.2, -0.15) is 0 Å². The number of benzene rings is 2. The Morgan fingerprint density at radius 1 is 1.03 bits per heavy atom. The molecule has 1 N–H and O–H groups in total. The van der Waals surface area contributed by atoms with Gasteiger partial charge in [0.05, 0.1) is 38.0 Å². The molecule has 2 aliphatic rings. The first-order chi connectivity index (χ1) is 17.9. The summed E-state index contributed by atoms with van der Waals surface area (Å²) in [7, 11) is 0. The van der Waals surface area contributed by atoms with Gasteiger partial charge in [0, 0.05) is 31.7 Å². The molecule has 2 aliphatic heterocycles. The van der Waals surface area contributed by atoms with Gasteiger partial charge >= 0.3 is 0 Å². The Hall–Kier alpha value is -3.43. The Labute approximate surface area is 216 Å². The average Bonchev–Trinajstić information content (AvgIpc) is 3.17. The van der Waals surface area contributed by atoms with Crippen molar-refractivity contribution in [1.82, 2.24) is 9.80 Å². The Morgan fingerprint density at radius 2 is 1.76 bits per heavy atom. The number of aliphatic hydroxyl groups excluding tert-OH is 1. The van der Waals surface area contributed by atoms with E-state index in [0.29, 0.717) is 50.0 Å². The lowest BCUT2D eigenvalue weighted by Gasteiger charge is -2.31. The van der Waals surface area contributed by atoms with Gasteiger partial charge in [0.1, 0.15) is 11.6 Å². The van der Waals surface area contributed by atoms with E-state index < -0.39 is 23.5 Å². The highest BCUT2D eigenvalue weighted by Crippen LogP contribution is 2.42. The fourth-order valence-electron chi connectivity index (χ4n) is 4.59. The van der Waals surface area contributed by atoms with Crippen molar-refractivity contribution in [3.8, 4) is 11.5 Å². The molecule has 1 amide bonds. The number of likely N-dealkylation sites (tertiary alicyclic amines) is 1. The van der Waals surface area contributed by atoms with Crippen molar-refractivity contribution < 1.29 is 33.3 Å². The van der Waals surface area contributed by atoms with Crippen molar-refractivity contribution in [2.45, 2.75) is 26.3 Å². The monoisotopic (exact) mass is 512 g/mol. The van der Waals surface area contributed by atoms with Crippen LogP contribution in [0.5, 0.6) is 11.5 Å². The lowest BCUT2D eigenvalue weighted by atomic mass is 9.95. The number of ketones is 1. The minimum absolute atomic E-state index is 0.0386. The number of aliphatic hydroxyl groups is 1. The van der Waals surface area contributed by atoms with Gasteiger partial charge in [-0.25, -0.2) is 4.39 Å². The second kappa shape index (κ2) is 12.2. The predicted octanol–water partition coefficient (Wildman–Crippen LogP) is 3.77. The van der Waals surface area contributed by atoms with Crippen molar-refractivity contribution in [3.05, 3.63) is 65.0 Å². The lowest BCUT2D eigenvalue weighted by Crippen LogP contribution is -2.42. The second-order valence-electron chi connectivity index (χ2n) is 8.94. The van der Waals surface area contributed by atoms with Crippen LogP contribution in [0, 0.1) is 5.82 Å². The number of amides is 1. The molecule has 9 heteroatoms. The Morgan fingerprint density at radius 3 is 2.43 bits per heavy atom. The topological polar surface area (TPSA) is 88.5 Å².